The van der Waals surface area contributed by atoms with E-state index >= 15 is 0 Å². The molecule has 1 fully saturated rings. The van der Waals surface area contributed by atoms with Gasteiger partial charge in [0.05, 0.1) is 11.8 Å². The van der Waals surface area contributed by atoms with Gasteiger partial charge in [0.2, 0.25) is 0 Å². The first-order chi connectivity index (χ1) is 9.02. The Hall–Kier alpha value is -1.13. The highest BCUT2D eigenvalue weighted by Crippen LogP contribution is 2.25. The van der Waals surface area contributed by atoms with E-state index in [4.69, 9.17) is 0 Å². The Kier molecular flexibility index (Phi) is 4.42. The molecule has 0 spiro atoms. The molecular weight excluding hydrogens is 243 g/mol. The number of aliphatic hydroxyl groups excluding tert-OH is 1. The number of hydrogen-bond acceptors (Lipinski definition) is 3. The van der Waals surface area contributed by atoms with E-state index in [9.17, 15) is 9.50 Å². The molecule has 0 amide bonds. The lowest BCUT2D eigenvalue weighted by molar-refractivity contribution is 0.197. The maximum Gasteiger partial charge on any atom is 0.146 e. The van der Waals surface area contributed by atoms with Crippen LogP contribution in [0.2, 0.25) is 0 Å². The summed E-state index contributed by atoms with van der Waals surface area (Å²) in [7, 11) is 0. The van der Waals surface area contributed by atoms with Gasteiger partial charge in [-0.15, -0.1) is 0 Å². The molecule has 1 aromatic rings. The Morgan fingerprint density at radius 1 is 1.42 bits per heavy atom. The summed E-state index contributed by atoms with van der Waals surface area (Å²) in [4.78, 5) is 4.50. The number of halogens is 1. The van der Waals surface area contributed by atoms with Crippen molar-refractivity contribution in [2.75, 3.05) is 31.1 Å². The van der Waals surface area contributed by atoms with Crippen LogP contribution in [-0.4, -0.2) is 42.2 Å². The molecule has 0 bridgehead atoms. The van der Waals surface area contributed by atoms with Crippen LogP contribution in [0.15, 0.2) is 18.2 Å². The van der Waals surface area contributed by atoms with Gasteiger partial charge >= 0.3 is 0 Å². The second-order valence-electron chi connectivity index (χ2n) is 5.31. The molecule has 4 heteroatoms. The maximum absolute atomic E-state index is 14.1. The van der Waals surface area contributed by atoms with E-state index in [-0.39, 0.29) is 5.82 Å². The van der Waals surface area contributed by atoms with Crippen LogP contribution in [0.1, 0.15) is 32.4 Å². The van der Waals surface area contributed by atoms with E-state index in [0.717, 1.165) is 26.2 Å². The molecule has 1 aromatic carbocycles. The maximum atomic E-state index is 14.1. The van der Waals surface area contributed by atoms with Crippen molar-refractivity contribution in [1.82, 2.24) is 4.90 Å². The van der Waals surface area contributed by atoms with Gasteiger partial charge in [-0.05, 0) is 38.1 Å². The van der Waals surface area contributed by atoms with Crippen molar-refractivity contribution in [3.63, 3.8) is 0 Å². The number of hydrogen-bond donors (Lipinski definition) is 1. The number of benzene rings is 1. The average molecular weight is 266 g/mol. The number of likely N-dealkylation sites (N-methyl/N-ethyl adjacent to an activating group) is 1. The topological polar surface area (TPSA) is 26.7 Å². The Morgan fingerprint density at radius 3 is 2.68 bits per heavy atom. The van der Waals surface area contributed by atoms with Crippen molar-refractivity contribution in [1.29, 1.82) is 0 Å². The smallest absolute Gasteiger partial charge is 0.146 e. The Morgan fingerprint density at radius 2 is 2.16 bits per heavy atom. The van der Waals surface area contributed by atoms with Crippen LogP contribution in [0.3, 0.4) is 0 Å². The lowest BCUT2D eigenvalue weighted by Crippen LogP contribution is -2.51. The molecule has 2 rings (SSSR count). The molecule has 1 saturated heterocycles. The van der Waals surface area contributed by atoms with Crippen LogP contribution in [0.5, 0.6) is 0 Å². The molecule has 2 atom stereocenters. The fourth-order valence-corrected chi connectivity index (χ4v) is 2.72. The third-order valence-electron chi connectivity index (χ3n) is 3.97. The molecule has 1 N–H and O–H groups in total. The quantitative estimate of drug-likeness (QED) is 0.910. The van der Waals surface area contributed by atoms with Gasteiger partial charge in [0.1, 0.15) is 5.82 Å². The fraction of sp³-hybridized carbons (Fsp3) is 0.600. The van der Waals surface area contributed by atoms with E-state index in [1.54, 1.807) is 19.1 Å². The molecule has 1 heterocycles. The highest BCUT2D eigenvalue weighted by Gasteiger charge is 2.24. The summed E-state index contributed by atoms with van der Waals surface area (Å²) >= 11 is 0. The lowest BCUT2D eigenvalue weighted by Gasteiger charge is -2.40. The summed E-state index contributed by atoms with van der Waals surface area (Å²) in [6, 6.07) is 5.47. The van der Waals surface area contributed by atoms with Crippen LogP contribution in [0, 0.1) is 5.82 Å². The second kappa shape index (κ2) is 5.88. The van der Waals surface area contributed by atoms with Gasteiger partial charge < -0.3 is 10.0 Å². The van der Waals surface area contributed by atoms with Gasteiger partial charge in [0.15, 0.2) is 0 Å². The van der Waals surface area contributed by atoms with E-state index in [1.165, 1.54) is 6.07 Å². The number of aliphatic hydroxyl groups is 1. The molecule has 3 nitrogen and oxygen atoms in total. The fourth-order valence-electron chi connectivity index (χ4n) is 2.72. The Balaban J connectivity index is 2.15. The van der Waals surface area contributed by atoms with E-state index in [1.807, 2.05) is 0 Å². The van der Waals surface area contributed by atoms with Gasteiger partial charge in [-0.1, -0.05) is 13.0 Å². The van der Waals surface area contributed by atoms with Gasteiger partial charge in [0, 0.05) is 25.7 Å². The van der Waals surface area contributed by atoms with Crippen LogP contribution in [0.4, 0.5) is 10.1 Å². The largest absolute Gasteiger partial charge is 0.389 e. The minimum absolute atomic E-state index is 0.240. The molecule has 19 heavy (non-hydrogen) atoms. The molecule has 0 radical (unpaired) electrons. The normalized spacial score (nSPS) is 22.6. The first-order valence-electron chi connectivity index (χ1n) is 6.99. The summed E-state index contributed by atoms with van der Waals surface area (Å²) in [5, 5.41) is 9.47. The van der Waals surface area contributed by atoms with Gasteiger partial charge in [-0.3, -0.25) is 4.90 Å². The predicted octanol–water partition coefficient (Wildman–Crippen LogP) is 2.41. The monoisotopic (exact) mass is 266 g/mol. The van der Waals surface area contributed by atoms with Gasteiger partial charge in [-0.2, -0.15) is 0 Å². The highest BCUT2D eigenvalue weighted by molar-refractivity contribution is 5.50. The third kappa shape index (κ3) is 3.07. The molecule has 1 aliphatic rings. The number of rotatable bonds is 3. The van der Waals surface area contributed by atoms with E-state index < -0.39 is 6.10 Å². The first kappa shape index (κ1) is 14.3. The number of piperazine rings is 1. The zero-order valence-corrected chi connectivity index (χ0v) is 11.9. The third-order valence-corrected chi connectivity index (χ3v) is 3.97. The van der Waals surface area contributed by atoms with Crippen LogP contribution in [-0.2, 0) is 0 Å². The van der Waals surface area contributed by atoms with E-state index in [0.29, 0.717) is 17.3 Å². The summed E-state index contributed by atoms with van der Waals surface area (Å²) in [5.41, 5.74) is 1.27. The Labute approximate surface area is 114 Å². The van der Waals surface area contributed by atoms with Crippen LogP contribution in [0.25, 0.3) is 0 Å². The summed E-state index contributed by atoms with van der Waals surface area (Å²) in [5.74, 6) is -0.240. The average Bonchev–Trinajstić information content (AvgIpc) is 2.38. The zero-order valence-electron chi connectivity index (χ0n) is 11.9. The van der Waals surface area contributed by atoms with Crippen LogP contribution >= 0.6 is 0 Å². The Bertz CT molecular complexity index is 436. The number of nitrogens with zero attached hydrogens (tertiary/aromatic N) is 2. The van der Waals surface area contributed by atoms with Crippen molar-refractivity contribution >= 4 is 5.69 Å². The molecule has 0 aliphatic carbocycles. The van der Waals surface area contributed by atoms with Crippen molar-refractivity contribution < 1.29 is 9.50 Å². The van der Waals surface area contributed by atoms with Gasteiger partial charge in [-0.25, -0.2) is 4.39 Å². The number of anilines is 1. The van der Waals surface area contributed by atoms with Crippen molar-refractivity contribution in [2.45, 2.75) is 32.9 Å². The SMILES string of the molecule is CCN1CCN(c2ccc([C@@H](C)O)cc2F)CC1C. The van der Waals surface area contributed by atoms with Crippen molar-refractivity contribution in [3.8, 4) is 0 Å². The van der Waals surface area contributed by atoms with E-state index in [2.05, 4.69) is 23.6 Å². The zero-order chi connectivity index (χ0) is 14.0. The molecule has 106 valence electrons. The molecular formula is C15H23FN2O. The minimum atomic E-state index is -0.626. The minimum Gasteiger partial charge on any atom is -0.389 e. The molecule has 0 saturated carbocycles. The van der Waals surface area contributed by atoms with Gasteiger partial charge in [0.25, 0.3) is 0 Å². The molecule has 1 aliphatic heterocycles. The highest BCUT2D eigenvalue weighted by atomic mass is 19.1. The van der Waals surface area contributed by atoms with Crippen molar-refractivity contribution in [3.05, 3.63) is 29.6 Å². The first-order valence-corrected chi connectivity index (χ1v) is 6.99. The molecule has 1 unspecified atom stereocenters. The standard InChI is InChI=1S/C15H23FN2O/c1-4-17-7-8-18(10-11(17)2)15-6-5-13(12(3)19)9-14(15)16/h5-6,9,11-12,19H,4,7-8,10H2,1-3H3/t11?,12-/m1/s1. The summed E-state index contributed by atoms with van der Waals surface area (Å²) in [6.07, 6.45) is -0.626. The van der Waals surface area contributed by atoms with Crippen molar-refractivity contribution in [2.24, 2.45) is 0 Å². The summed E-state index contributed by atoms with van der Waals surface area (Å²) in [6.45, 7) is 9.69. The second-order valence-corrected chi connectivity index (χ2v) is 5.31. The van der Waals surface area contributed by atoms with Crippen LogP contribution < -0.4 is 4.90 Å². The molecule has 0 aromatic heterocycles. The predicted molar refractivity (Wildman–Crippen MR) is 76.0 cm³/mol. The lowest BCUT2D eigenvalue weighted by atomic mass is 10.1. The summed E-state index contributed by atoms with van der Waals surface area (Å²) < 4.78 is 14.1.